The lowest BCUT2D eigenvalue weighted by molar-refractivity contribution is -0.176. The van der Waals surface area contributed by atoms with E-state index in [0.717, 1.165) is 5.56 Å². The standard InChI is InChI=1S/C17H19ClO4/c1-10-9-11(5-6-12(10)18)21-14(20)17-8-7-16(4,13(19)22-17)15(17,2)3/h5-6,9H,7-8H2,1-4H3/t16-,17-/m1/s1. The monoisotopic (exact) mass is 322 g/mol. The third-order valence-corrected chi connectivity index (χ3v) is 6.18. The Morgan fingerprint density at radius 2 is 1.95 bits per heavy atom. The van der Waals surface area contributed by atoms with Crippen LogP contribution in [0.15, 0.2) is 18.2 Å². The van der Waals surface area contributed by atoms with Crippen LogP contribution in [-0.4, -0.2) is 17.5 Å². The molecule has 0 spiro atoms. The Labute approximate surface area is 134 Å². The smallest absolute Gasteiger partial charge is 0.356 e. The fourth-order valence-electron chi connectivity index (χ4n) is 3.57. The summed E-state index contributed by atoms with van der Waals surface area (Å²) in [5, 5.41) is 0.610. The average molecular weight is 323 g/mol. The minimum atomic E-state index is -1.20. The average Bonchev–Trinajstić information content (AvgIpc) is 2.73. The molecule has 1 aromatic carbocycles. The van der Waals surface area contributed by atoms with Crippen LogP contribution in [0.4, 0.5) is 0 Å². The molecule has 5 heteroatoms. The lowest BCUT2D eigenvalue weighted by Crippen LogP contribution is -2.50. The molecule has 2 atom stereocenters. The van der Waals surface area contributed by atoms with Crippen molar-refractivity contribution in [1.82, 2.24) is 0 Å². The maximum atomic E-state index is 12.8. The summed E-state index contributed by atoms with van der Waals surface area (Å²) in [6.45, 7) is 7.51. The van der Waals surface area contributed by atoms with Gasteiger partial charge < -0.3 is 9.47 Å². The molecule has 1 aromatic rings. The molecule has 2 fully saturated rings. The van der Waals surface area contributed by atoms with Crippen molar-refractivity contribution in [2.45, 2.75) is 46.1 Å². The Balaban J connectivity index is 1.92. The summed E-state index contributed by atoms with van der Waals surface area (Å²) in [4.78, 5) is 24.9. The van der Waals surface area contributed by atoms with Gasteiger partial charge in [-0.25, -0.2) is 4.79 Å². The SMILES string of the molecule is Cc1cc(OC(=O)[C@@]23CC[C@](C)(C(=O)O2)C3(C)C)ccc1Cl. The van der Waals surface area contributed by atoms with Crippen LogP contribution in [0.2, 0.25) is 5.02 Å². The predicted molar refractivity (Wildman–Crippen MR) is 81.8 cm³/mol. The van der Waals surface area contributed by atoms with E-state index in [2.05, 4.69) is 0 Å². The highest BCUT2D eigenvalue weighted by molar-refractivity contribution is 6.31. The van der Waals surface area contributed by atoms with Gasteiger partial charge in [-0.15, -0.1) is 0 Å². The van der Waals surface area contributed by atoms with E-state index in [-0.39, 0.29) is 5.97 Å². The van der Waals surface area contributed by atoms with Crippen molar-refractivity contribution in [3.63, 3.8) is 0 Å². The summed E-state index contributed by atoms with van der Waals surface area (Å²) in [5.41, 5.74) is -1.62. The van der Waals surface area contributed by atoms with Crippen molar-refractivity contribution in [3.05, 3.63) is 28.8 Å². The van der Waals surface area contributed by atoms with Crippen LogP contribution in [0.25, 0.3) is 0 Å². The van der Waals surface area contributed by atoms with E-state index in [9.17, 15) is 9.59 Å². The summed E-state index contributed by atoms with van der Waals surface area (Å²) in [7, 11) is 0. The number of hydrogen-bond donors (Lipinski definition) is 0. The number of fused-ring (bicyclic) bond motifs is 2. The van der Waals surface area contributed by atoms with Crippen LogP contribution in [0.5, 0.6) is 5.75 Å². The molecule has 0 N–H and O–H groups in total. The number of rotatable bonds is 2. The second kappa shape index (κ2) is 4.48. The molecular weight excluding hydrogens is 304 g/mol. The van der Waals surface area contributed by atoms with E-state index in [4.69, 9.17) is 21.1 Å². The first kappa shape index (κ1) is 15.3. The van der Waals surface area contributed by atoms with Gasteiger partial charge in [-0.3, -0.25) is 4.79 Å². The van der Waals surface area contributed by atoms with Crippen LogP contribution in [0.3, 0.4) is 0 Å². The van der Waals surface area contributed by atoms with Gasteiger partial charge in [-0.2, -0.15) is 0 Å². The van der Waals surface area contributed by atoms with Crippen LogP contribution in [0, 0.1) is 17.8 Å². The molecule has 1 aliphatic carbocycles. The molecule has 1 saturated carbocycles. The Morgan fingerprint density at radius 1 is 1.27 bits per heavy atom. The van der Waals surface area contributed by atoms with Crippen molar-refractivity contribution in [1.29, 1.82) is 0 Å². The summed E-state index contributed by atoms with van der Waals surface area (Å²) in [6.07, 6.45) is 1.13. The van der Waals surface area contributed by atoms with Gasteiger partial charge in [0, 0.05) is 10.4 Å². The highest BCUT2D eigenvalue weighted by atomic mass is 35.5. The highest BCUT2D eigenvalue weighted by Crippen LogP contribution is 2.65. The first-order valence-electron chi connectivity index (χ1n) is 7.36. The molecule has 1 heterocycles. The molecule has 22 heavy (non-hydrogen) atoms. The molecule has 2 bridgehead atoms. The van der Waals surface area contributed by atoms with Gasteiger partial charge in [0.05, 0.1) is 5.41 Å². The van der Waals surface area contributed by atoms with E-state index in [1.165, 1.54) is 0 Å². The summed E-state index contributed by atoms with van der Waals surface area (Å²) in [5.74, 6) is -0.407. The Hall–Kier alpha value is -1.55. The molecule has 0 unspecified atom stereocenters. The van der Waals surface area contributed by atoms with Gasteiger partial charge in [0.25, 0.3) is 0 Å². The van der Waals surface area contributed by atoms with E-state index in [0.29, 0.717) is 23.6 Å². The molecule has 2 aliphatic rings. The topological polar surface area (TPSA) is 52.6 Å². The van der Waals surface area contributed by atoms with E-state index < -0.39 is 22.4 Å². The second-order valence-corrected chi connectivity index (χ2v) is 7.38. The van der Waals surface area contributed by atoms with Crippen LogP contribution in [-0.2, 0) is 14.3 Å². The molecule has 0 amide bonds. The molecule has 3 rings (SSSR count). The zero-order chi connectivity index (χ0) is 16.3. The zero-order valence-electron chi connectivity index (χ0n) is 13.2. The molecular formula is C17H19ClO4. The number of esters is 2. The van der Waals surface area contributed by atoms with Gasteiger partial charge in [-0.1, -0.05) is 25.4 Å². The van der Waals surface area contributed by atoms with Crippen molar-refractivity contribution in [2.24, 2.45) is 10.8 Å². The van der Waals surface area contributed by atoms with E-state index in [1.54, 1.807) is 18.2 Å². The predicted octanol–water partition coefficient (Wildman–Crippen LogP) is 3.68. The Bertz CT molecular complexity index is 681. The van der Waals surface area contributed by atoms with Crippen molar-refractivity contribution < 1.29 is 19.1 Å². The maximum absolute atomic E-state index is 12.8. The molecule has 118 valence electrons. The second-order valence-electron chi connectivity index (χ2n) is 6.97. The number of carbonyl (C=O) groups excluding carboxylic acids is 2. The lowest BCUT2D eigenvalue weighted by atomic mass is 9.66. The fourth-order valence-corrected chi connectivity index (χ4v) is 3.69. The van der Waals surface area contributed by atoms with Crippen molar-refractivity contribution >= 4 is 23.5 Å². The molecule has 1 aliphatic heterocycles. The first-order valence-corrected chi connectivity index (χ1v) is 7.74. The largest absolute Gasteiger partial charge is 0.446 e. The number of hydrogen-bond acceptors (Lipinski definition) is 4. The van der Waals surface area contributed by atoms with Gasteiger partial charge in [-0.05, 0) is 50.5 Å². The zero-order valence-corrected chi connectivity index (χ0v) is 13.9. The number of aryl methyl sites for hydroxylation is 1. The molecule has 1 saturated heterocycles. The minimum absolute atomic E-state index is 0.312. The molecule has 4 nitrogen and oxygen atoms in total. The van der Waals surface area contributed by atoms with Crippen LogP contribution >= 0.6 is 11.6 Å². The quantitative estimate of drug-likeness (QED) is 0.615. The van der Waals surface area contributed by atoms with Gasteiger partial charge in [0.1, 0.15) is 5.75 Å². The maximum Gasteiger partial charge on any atom is 0.356 e. The summed E-state index contributed by atoms with van der Waals surface area (Å²) in [6, 6.07) is 5.03. The third-order valence-electron chi connectivity index (χ3n) is 5.75. The van der Waals surface area contributed by atoms with E-state index >= 15 is 0 Å². The highest BCUT2D eigenvalue weighted by Gasteiger charge is 2.76. The van der Waals surface area contributed by atoms with Crippen LogP contribution in [0.1, 0.15) is 39.2 Å². The molecule has 0 radical (unpaired) electrons. The Kier molecular flexibility index (Phi) is 3.12. The minimum Gasteiger partial charge on any atom is -0.446 e. The van der Waals surface area contributed by atoms with Gasteiger partial charge in [0.2, 0.25) is 5.60 Å². The van der Waals surface area contributed by atoms with Crippen molar-refractivity contribution in [3.8, 4) is 5.75 Å². The number of halogens is 1. The lowest BCUT2D eigenvalue weighted by Gasteiger charge is -2.34. The van der Waals surface area contributed by atoms with E-state index in [1.807, 2.05) is 27.7 Å². The van der Waals surface area contributed by atoms with Crippen molar-refractivity contribution in [2.75, 3.05) is 0 Å². The summed E-state index contributed by atoms with van der Waals surface area (Å²) < 4.78 is 11.0. The number of benzene rings is 1. The number of ether oxygens (including phenoxy) is 2. The normalized spacial score (nSPS) is 32.0. The first-order chi connectivity index (χ1) is 10.1. The van der Waals surface area contributed by atoms with Gasteiger partial charge in [0.15, 0.2) is 0 Å². The third kappa shape index (κ3) is 1.70. The van der Waals surface area contributed by atoms with Gasteiger partial charge >= 0.3 is 11.9 Å². The van der Waals surface area contributed by atoms with Crippen LogP contribution < -0.4 is 4.74 Å². The Morgan fingerprint density at radius 3 is 2.45 bits per heavy atom. The molecule has 0 aromatic heterocycles. The fraction of sp³-hybridized carbons (Fsp3) is 0.529. The number of carbonyl (C=O) groups is 2. The summed E-state index contributed by atoms with van der Waals surface area (Å²) >= 11 is 5.98.